The van der Waals surface area contributed by atoms with E-state index in [0.717, 1.165) is 6.07 Å². The molecule has 0 unspecified atom stereocenters. The quantitative estimate of drug-likeness (QED) is 0.533. The Morgan fingerprint density at radius 1 is 0.583 bits per heavy atom. The molecule has 3 aromatic rings. The summed E-state index contributed by atoms with van der Waals surface area (Å²) in [6.07, 6.45) is 0. The van der Waals surface area contributed by atoms with Gasteiger partial charge in [0.2, 0.25) is 0 Å². The second-order valence-corrected chi connectivity index (χ2v) is 5.34. The molecule has 4 heteroatoms. The van der Waals surface area contributed by atoms with Crippen LogP contribution in [0.15, 0.2) is 78.9 Å². The highest BCUT2D eigenvalue weighted by atomic mass is 19.3. The number of alkyl halides is 4. The summed E-state index contributed by atoms with van der Waals surface area (Å²) in [6, 6.07) is 19.7. The lowest BCUT2D eigenvalue weighted by Gasteiger charge is -2.25. The molecule has 3 rings (SSSR count). The van der Waals surface area contributed by atoms with E-state index in [-0.39, 0.29) is 11.1 Å². The highest BCUT2D eigenvalue weighted by molar-refractivity contribution is 5.44. The Balaban J connectivity index is 2.16. The summed E-state index contributed by atoms with van der Waals surface area (Å²) in [4.78, 5) is 0. The summed E-state index contributed by atoms with van der Waals surface area (Å²) in [5.41, 5.74) is -2.25. The van der Waals surface area contributed by atoms with Gasteiger partial charge in [-0.2, -0.15) is 17.6 Å². The van der Waals surface area contributed by atoms with Gasteiger partial charge in [-0.15, -0.1) is 0 Å². The third-order valence-electron chi connectivity index (χ3n) is 3.78. The van der Waals surface area contributed by atoms with Crippen molar-refractivity contribution >= 4 is 0 Å². The molecule has 0 fully saturated rings. The number of halogens is 4. The third kappa shape index (κ3) is 2.80. The molecule has 0 nitrogen and oxygen atoms in total. The van der Waals surface area contributed by atoms with E-state index in [1.807, 2.05) is 0 Å². The van der Waals surface area contributed by atoms with E-state index >= 15 is 0 Å². The number of rotatable bonds is 4. The van der Waals surface area contributed by atoms with E-state index < -0.39 is 23.0 Å². The van der Waals surface area contributed by atoms with Crippen LogP contribution in [0.2, 0.25) is 0 Å². The Morgan fingerprint density at radius 3 is 1.62 bits per heavy atom. The highest BCUT2D eigenvalue weighted by Gasteiger charge is 2.44. The Morgan fingerprint density at radius 2 is 1.08 bits per heavy atom. The molecule has 0 atom stereocenters. The van der Waals surface area contributed by atoms with Crippen LogP contribution < -0.4 is 0 Å². The molecule has 0 aromatic heterocycles. The predicted molar refractivity (Wildman–Crippen MR) is 84.2 cm³/mol. The van der Waals surface area contributed by atoms with E-state index in [4.69, 9.17) is 0 Å². The second-order valence-electron chi connectivity index (χ2n) is 5.34. The van der Waals surface area contributed by atoms with Crippen molar-refractivity contribution in [3.8, 4) is 0 Å². The van der Waals surface area contributed by atoms with Crippen LogP contribution in [0.1, 0.15) is 22.3 Å². The van der Waals surface area contributed by atoms with Crippen LogP contribution in [-0.4, -0.2) is 0 Å². The van der Waals surface area contributed by atoms with Crippen molar-refractivity contribution < 1.29 is 17.6 Å². The molecule has 0 spiro atoms. The van der Waals surface area contributed by atoms with Crippen LogP contribution in [0.4, 0.5) is 17.6 Å². The lowest BCUT2D eigenvalue weighted by molar-refractivity contribution is 0.0151. The molecule has 0 aliphatic rings. The molecule has 0 heterocycles. The van der Waals surface area contributed by atoms with Gasteiger partial charge in [0, 0.05) is 22.3 Å². The number of benzene rings is 3. The summed E-state index contributed by atoms with van der Waals surface area (Å²) < 4.78 is 59.3. The number of hydrogen-bond acceptors (Lipinski definition) is 0. The first-order valence-corrected chi connectivity index (χ1v) is 7.32. The fraction of sp³-hybridized carbons (Fsp3) is 0.100. The van der Waals surface area contributed by atoms with Gasteiger partial charge in [0.25, 0.3) is 11.8 Å². The Hall–Kier alpha value is -2.62. The van der Waals surface area contributed by atoms with Crippen molar-refractivity contribution in [2.75, 3.05) is 0 Å². The zero-order valence-corrected chi connectivity index (χ0v) is 12.5. The molecule has 0 saturated heterocycles. The van der Waals surface area contributed by atoms with Gasteiger partial charge in [0.05, 0.1) is 0 Å². The summed E-state index contributed by atoms with van der Waals surface area (Å²) in [7, 11) is 0. The van der Waals surface area contributed by atoms with Gasteiger partial charge >= 0.3 is 0 Å². The van der Waals surface area contributed by atoms with Crippen LogP contribution in [0, 0.1) is 6.07 Å². The predicted octanol–water partition coefficient (Wildman–Crippen LogP) is 5.77. The summed E-state index contributed by atoms with van der Waals surface area (Å²) in [5, 5.41) is 0. The third-order valence-corrected chi connectivity index (χ3v) is 3.78. The first-order chi connectivity index (χ1) is 11.4. The van der Waals surface area contributed by atoms with Gasteiger partial charge in [-0.3, -0.25) is 0 Å². The standard InChI is InChI=1S/C20H13F4/c21-19(22,15-9-3-1-4-10-15)17-13-7-8-14-18(17)20(23,24)16-11-5-2-6-12-16/h1-13H. The molecular weight excluding hydrogens is 316 g/mol. The molecule has 0 saturated carbocycles. The second kappa shape index (κ2) is 6.11. The van der Waals surface area contributed by atoms with E-state index in [1.54, 1.807) is 12.1 Å². The SMILES string of the molecule is FC(F)(c1ccccc1)c1[c]cccc1C(F)(F)c1ccccc1. The maximum Gasteiger partial charge on any atom is 0.299 e. The topological polar surface area (TPSA) is 0 Å². The first kappa shape index (κ1) is 16.2. The average Bonchev–Trinajstić information content (AvgIpc) is 2.63. The molecule has 0 bridgehead atoms. The van der Waals surface area contributed by atoms with Gasteiger partial charge in [0.1, 0.15) is 0 Å². The van der Waals surface area contributed by atoms with Crippen LogP contribution in [-0.2, 0) is 11.8 Å². The van der Waals surface area contributed by atoms with Crippen LogP contribution in [0.25, 0.3) is 0 Å². The van der Waals surface area contributed by atoms with E-state index in [0.29, 0.717) is 0 Å². The monoisotopic (exact) mass is 329 g/mol. The molecule has 0 aliphatic carbocycles. The highest BCUT2D eigenvalue weighted by Crippen LogP contribution is 2.44. The van der Waals surface area contributed by atoms with Crippen molar-refractivity contribution in [1.29, 1.82) is 0 Å². The summed E-state index contributed by atoms with van der Waals surface area (Å²) >= 11 is 0. The molecule has 3 aromatic carbocycles. The van der Waals surface area contributed by atoms with Crippen LogP contribution in [0.5, 0.6) is 0 Å². The van der Waals surface area contributed by atoms with E-state index in [1.165, 1.54) is 60.7 Å². The molecular formula is C20H13F4. The Kier molecular flexibility index (Phi) is 4.14. The average molecular weight is 329 g/mol. The van der Waals surface area contributed by atoms with Gasteiger partial charge in [0.15, 0.2) is 0 Å². The Bertz CT molecular complexity index is 741. The molecule has 0 amide bonds. The summed E-state index contributed by atoms with van der Waals surface area (Å²) in [5.74, 6) is -7.12. The van der Waals surface area contributed by atoms with Crippen LogP contribution >= 0.6 is 0 Å². The molecule has 0 aliphatic heterocycles. The fourth-order valence-electron chi connectivity index (χ4n) is 2.55. The van der Waals surface area contributed by atoms with Crippen molar-refractivity contribution in [1.82, 2.24) is 0 Å². The normalized spacial score (nSPS) is 12.2. The summed E-state index contributed by atoms with van der Waals surface area (Å²) in [6.45, 7) is 0. The minimum absolute atomic E-state index is 0.338. The minimum Gasteiger partial charge on any atom is -0.196 e. The van der Waals surface area contributed by atoms with Crippen molar-refractivity contribution in [2.24, 2.45) is 0 Å². The van der Waals surface area contributed by atoms with Crippen molar-refractivity contribution in [3.05, 3.63) is 107 Å². The maximum atomic E-state index is 14.8. The molecule has 121 valence electrons. The van der Waals surface area contributed by atoms with Crippen molar-refractivity contribution in [3.63, 3.8) is 0 Å². The fourth-order valence-corrected chi connectivity index (χ4v) is 2.55. The van der Waals surface area contributed by atoms with Gasteiger partial charge in [-0.05, 0) is 6.07 Å². The van der Waals surface area contributed by atoms with E-state index in [2.05, 4.69) is 6.07 Å². The Labute approximate surface area is 137 Å². The lowest BCUT2D eigenvalue weighted by atomic mass is 9.90. The first-order valence-electron chi connectivity index (χ1n) is 7.32. The van der Waals surface area contributed by atoms with Gasteiger partial charge in [-0.1, -0.05) is 78.9 Å². The van der Waals surface area contributed by atoms with E-state index in [9.17, 15) is 17.6 Å². The minimum atomic E-state index is -3.57. The maximum absolute atomic E-state index is 14.8. The molecule has 1 radical (unpaired) electrons. The smallest absolute Gasteiger partial charge is 0.196 e. The molecule has 0 N–H and O–H groups in total. The lowest BCUT2D eigenvalue weighted by Crippen LogP contribution is -2.24. The molecule has 24 heavy (non-hydrogen) atoms. The van der Waals surface area contributed by atoms with Crippen LogP contribution in [0.3, 0.4) is 0 Å². The zero-order chi connectivity index (χ0) is 17.2. The van der Waals surface area contributed by atoms with Gasteiger partial charge < -0.3 is 0 Å². The van der Waals surface area contributed by atoms with Crippen molar-refractivity contribution in [2.45, 2.75) is 11.8 Å². The zero-order valence-electron chi connectivity index (χ0n) is 12.5. The number of hydrogen-bond donors (Lipinski definition) is 0. The largest absolute Gasteiger partial charge is 0.299 e. The van der Waals surface area contributed by atoms with Gasteiger partial charge in [-0.25, -0.2) is 0 Å².